The van der Waals surface area contributed by atoms with Crippen LogP contribution in [-0.2, 0) is 13.0 Å². The number of nitrogens with one attached hydrogen (secondary N) is 1. The van der Waals surface area contributed by atoms with Gasteiger partial charge < -0.3 is 5.32 Å². The van der Waals surface area contributed by atoms with Crippen LogP contribution in [0.15, 0.2) is 23.7 Å². The standard InChI is InChI=1S/C12H12N4S/c1-2-9-4-6-17-11(9)8-15-12-14-5-3-10(7-13)16-12/h3-6H,2,8H2,1H3,(H,14,15,16). The molecule has 0 bridgehead atoms. The van der Waals surface area contributed by atoms with Crippen molar-refractivity contribution in [3.63, 3.8) is 0 Å². The van der Waals surface area contributed by atoms with Gasteiger partial charge in [0, 0.05) is 11.1 Å². The molecule has 2 aromatic heterocycles. The summed E-state index contributed by atoms with van der Waals surface area (Å²) in [5.74, 6) is 0.500. The lowest BCUT2D eigenvalue weighted by Crippen LogP contribution is -2.04. The van der Waals surface area contributed by atoms with E-state index in [1.54, 1.807) is 23.6 Å². The van der Waals surface area contributed by atoms with Crippen LogP contribution >= 0.6 is 11.3 Å². The second-order valence-corrected chi connectivity index (χ2v) is 4.45. The Bertz CT molecular complexity index is 541. The number of aryl methyl sites for hydroxylation is 1. The molecule has 0 atom stereocenters. The van der Waals surface area contributed by atoms with E-state index in [1.807, 2.05) is 6.07 Å². The van der Waals surface area contributed by atoms with Gasteiger partial charge in [-0.05, 0) is 29.5 Å². The first-order valence-corrected chi connectivity index (χ1v) is 6.23. The highest BCUT2D eigenvalue weighted by Crippen LogP contribution is 2.18. The number of nitrogens with zero attached hydrogens (tertiary/aromatic N) is 3. The van der Waals surface area contributed by atoms with Gasteiger partial charge in [-0.2, -0.15) is 5.26 Å². The number of anilines is 1. The highest BCUT2D eigenvalue weighted by molar-refractivity contribution is 7.10. The second kappa shape index (κ2) is 5.41. The molecule has 0 amide bonds. The molecule has 1 N–H and O–H groups in total. The van der Waals surface area contributed by atoms with Gasteiger partial charge in [0.15, 0.2) is 0 Å². The third-order valence-corrected chi connectivity index (χ3v) is 3.36. The molecular weight excluding hydrogens is 232 g/mol. The molecule has 0 aliphatic rings. The molecule has 86 valence electrons. The van der Waals surface area contributed by atoms with Crippen molar-refractivity contribution in [2.75, 3.05) is 5.32 Å². The van der Waals surface area contributed by atoms with Gasteiger partial charge in [-0.15, -0.1) is 11.3 Å². The van der Waals surface area contributed by atoms with Crippen molar-refractivity contribution in [1.82, 2.24) is 9.97 Å². The van der Waals surface area contributed by atoms with E-state index < -0.39 is 0 Å². The second-order valence-electron chi connectivity index (χ2n) is 3.45. The molecule has 0 aliphatic heterocycles. The number of hydrogen-bond acceptors (Lipinski definition) is 5. The van der Waals surface area contributed by atoms with Gasteiger partial charge in [-0.25, -0.2) is 9.97 Å². The van der Waals surface area contributed by atoms with E-state index >= 15 is 0 Å². The normalized spacial score (nSPS) is 9.88. The van der Waals surface area contributed by atoms with Crippen LogP contribution in [0.4, 0.5) is 5.95 Å². The highest BCUT2D eigenvalue weighted by atomic mass is 32.1. The van der Waals surface area contributed by atoms with E-state index in [0.717, 1.165) is 6.42 Å². The van der Waals surface area contributed by atoms with Crippen LogP contribution in [0.1, 0.15) is 23.1 Å². The maximum Gasteiger partial charge on any atom is 0.224 e. The Balaban J connectivity index is 2.05. The summed E-state index contributed by atoms with van der Waals surface area (Å²) in [7, 11) is 0. The molecule has 2 rings (SSSR count). The predicted molar refractivity (Wildman–Crippen MR) is 67.8 cm³/mol. The fraction of sp³-hybridized carbons (Fsp3) is 0.250. The molecule has 0 spiro atoms. The average molecular weight is 244 g/mol. The molecule has 0 unspecified atom stereocenters. The van der Waals surface area contributed by atoms with Crippen LogP contribution < -0.4 is 5.32 Å². The third kappa shape index (κ3) is 2.80. The molecule has 0 saturated heterocycles. The van der Waals surface area contributed by atoms with Crippen LogP contribution in [0.25, 0.3) is 0 Å². The molecule has 0 radical (unpaired) electrons. The largest absolute Gasteiger partial charge is 0.349 e. The van der Waals surface area contributed by atoms with Crippen LogP contribution in [0.3, 0.4) is 0 Å². The highest BCUT2D eigenvalue weighted by Gasteiger charge is 2.03. The zero-order valence-electron chi connectivity index (χ0n) is 9.47. The van der Waals surface area contributed by atoms with E-state index in [9.17, 15) is 0 Å². The number of nitriles is 1. The molecule has 4 nitrogen and oxygen atoms in total. The van der Waals surface area contributed by atoms with E-state index in [1.165, 1.54) is 10.4 Å². The molecule has 0 fully saturated rings. The number of hydrogen-bond donors (Lipinski definition) is 1. The summed E-state index contributed by atoms with van der Waals surface area (Å²) in [4.78, 5) is 9.43. The van der Waals surface area contributed by atoms with Gasteiger partial charge in [-0.3, -0.25) is 0 Å². The maximum atomic E-state index is 8.73. The van der Waals surface area contributed by atoms with E-state index in [2.05, 4.69) is 33.7 Å². The lowest BCUT2D eigenvalue weighted by atomic mass is 10.2. The van der Waals surface area contributed by atoms with Crippen molar-refractivity contribution in [3.8, 4) is 6.07 Å². The zero-order valence-corrected chi connectivity index (χ0v) is 10.3. The minimum atomic E-state index is 0.379. The Kier molecular flexibility index (Phi) is 3.68. The summed E-state index contributed by atoms with van der Waals surface area (Å²) in [6.45, 7) is 2.84. The Hall–Kier alpha value is -1.93. The quantitative estimate of drug-likeness (QED) is 0.898. The first kappa shape index (κ1) is 11.6. The minimum Gasteiger partial charge on any atom is -0.349 e. The van der Waals surface area contributed by atoms with Crippen molar-refractivity contribution < 1.29 is 0 Å². The van der Waals surface area contributed by atoms with Crippen molar-refractivity contribution in [2.45, 2.75) is 19.9 Å². The molecule has 17 heavy (non-hydrogen) atoms. The number of rotatable bonds is 4. The Morgan fingerprint density at radius 1 is 1.47 bits per heavy atom. The SMILES string of the molecule is CCc1ccsc1CNc1nccc(C#N)n1. The lowest BCUT2D eigenvalue weighted by molar-refractivity contribution is 1.03. The molecular formula is C12H12N4S. The molecule has 0 saturated carbocycles. The monoisotopic (exact) mass is 244 g/mol. The Morgan fingerprint density at radius 3 is 3.12 bits per heavy atom. The van der Waals surface area contributed by atoms with E-state index in [-0.39, 0.29) is 0 Å². The minimum absolute atomic E-state index is 0.379. The van der Waals surface area contributed by atoms with Crippen molar-refractivity contribution in [1.29, 1.82) is 5.26 Å². The fourth-order valence-corrected chi connectivity index (χ4v) is 2.42. The smallest absolute Gasteiger partial charge is 0.224 e. The van der Waals surface area contributed by atoms with Gasteiger partial charge in [0.25, 0.3) is 0 Å². The number of thiophene rings is 1. The summed E-state index contributed by atoms with van der Waals surface area (Å²) in [6, 6.07) is 5.72. The Labute approximate surface area is 104 Å². The fourth-order valence-electron chi connectivity index (χ4n) is 1.50. The lowest BCUT2D eigenvalue weighted by Gasteiger charge is -2.04. The van der Waals surface area contributed by atoms with Crippen LogP contribution in [0.2, 0.25) is 0 Å². The molecule has 2 heterocycles. The van der Waals surface area contributed by atoms with Crippen LogP contribution in [0.5, 0.6) is 0 Å². The zero-order chi connectivity index (χ0) is 12.1. The maximum absolute atomic E-state index is 8.73. The van der Waals surface area contributed by atoms with E-state index in [0.29, 0.717) is 18.2 Å². The summed E-state index contributed by atoms with van der Waals surface area (Å²) < 4.78 is 0. The third-order valence-electron chi connectivity index (χ3n) is 2.40. The summed E-state index contributed by atoms with van der Waals surface area (Å²) in [5.41, 5.74) is 1.73. The molecule has 2 aromatic rings. The topological polar surface area (TPSA) is 61.6 Å². The van der Waals surface area contributed by atoms with Gasteiger partial charge in [-0.1, -0.05) is 6.92 Å². The van der Waals surface area contributed by atoms with Gasteiger partial charge in [0.2, 0.25) is 5.95 Å². The average Bonchev–Trinajstić information content (AvgIpc) is 2.84. The molecule has 0 aliphatic carbocycles. The van der Waals surface area contributed by atoms with Crippen LogP contribution in [0, 0.1) is 11.3 Å². The van der Waals surface area contributed by atoms with Crippen LogP contribution in [-0.4, -0.2) is 9.97 Å². The number of aromatic nitrogens is 2. The Morgan fingerprint density at radius 2 is 2.35 bits per heavy atom. The van der Waals surface area contributed by atoms with Gasteiger partial charge in [0.1, 0.15) is 11.8 Å². The van der Waals surface area contributed by atoms with Gasteiger partial charge in [0.05, 0.1) is 6.54 Å². The summed E-state index contributed by atoms with van der Waals surface area (Å²) in [5, 5.41) is 13.9. The first-order chi connectivity index (χ1) is 8.33. The summed E-state index contributed by atoms with van der Waals surface area (Å²) >= 11 is 1.72. The van der Waals surface area contributed by atoms with E-state index in [4.69, 9.17) is 5.26 Å². The molecule has 5 heteroatoms. The van der Waals surface area contributed by atoms with Crippen molar-refractivity contribution in [3.05, 3.63) is 39.8 Å². The summed E-state index contributed by atoms with van der Waals surface area (Å²) in [6.07, 6.45) is 2.61. The predicted octanol–water partition coefficient (Wildman–Crippen LogP) is 2.58. The van der Waals surface area contributed by atoms with Crippen molar-refractivity contribution in [2.24, 2.45) is 0 Å². The van der Waals surface area contributed by atoms with Crippen molar-refractivity contribution >= 4 is 17.3 Å². The molecule has 0 aromatic carbocycles. The van der Waals surface area contributed by atoms with Gasteiger partial charge >= 0.3 is 0 Å². The first-order valence-electron chi connectivity index (χ1n) is 5.35.